The van der Waals surface area contributed by atoms with Crippen molar-refractivity contribution in [1.29, 1.82) is 0 Å². The molecule has 1 aromatic carbocycles. The molecule has 0 spiro atoms. The molecule has 2 unspecified atom stereocenters. The molecule has 18 heavy (non-hydrogen) atoms. The standard InChI is InChI=1S/C13H19NO3S/c1-4-9-7-10(5-6-12(9)17-3)13-11(14-2)8-18(13,15)16/h5-7,11,13-14H,4,8H2,1-3H3. The molecule has 1 saturated heterocycles. The second-order valence-electron chi connectivity index (χ2n) is 4.57. The van der Waals surface area contributed by atoms with E-state index in [1.54, 1.807) is 14.2 Å². The Hall–Kier alpha value is -1.07. The normalized spacial score (nSPS) is 25.5. The second-order valence-corrected chi connectivity index (χ2v) is 6.74. The quantitative estimate of drug-likeness (QED) is 0.895. The molecule has 0 saturated carbocycles. The molecule has 0 amide bonds. The van der Waals surface area contributed by atoms with Crippen molar-refractivity contribution >= 4 is 9.84 Å². The zero-order valence-corrected chi connectivity index (χ0v) is 11.8. The number of likely N-dealkylation sites (N-methyl/N-ethyl adjacent to an activating group) is 1. The van der Waals surface area contributed by atoms with Gasteiger partial charge in [0.1, 0.15) is 11.0 Å². The highest BCUT2D eigenvalue weighted by Gasteiger charge is 2.46. The summed E-state index contributed by atoms with van der Waals surface area (Å²) in [6.45, 7) is 2.03. The van der Waals surface area contributed by atoms with Gasteiger partial charge in [0.05, 0.1) is 12.9 Å². The summed E-state index contributed by atoms with van der Waals surface area (Å²) in [5.41, 5.74) is 1.91. The molecule has 0 aliphatic carbocycles. The molecule has 2 atom stereocenters. The third kappa shape index (κ3) is 2.12. The predicted molar refractivity (Wildman–Crippen MR) is 71.7 cm³/mol. The van der Waals surface area contributed by atoms with Crippen LogP contribution in [0.15, 0.2) is 18.2 Å². The van der Waals surface area contributed by atoms with Crippen molar-refractivity contribution < 1.29 is 13.2 Å². The van der Waals surface area contributed by atoms with Gasteiger partial charge in [-0.3, -0.25) is 0 Å². The van der Waals surface area contributed by atoms with E-state index in [9.17, 15) is 8.42 Å². The Kier molecular flexibility index (Phi) is 3.64. The number of benzene rings is 1. The number of nitrogens with one attached hydrogen (secondary N) is 1. The first-order chi connectivity index (χ1) is 8.53. The van der Waals surface area contributed by atoms with Crippen LogP contribution in [-0.2, 0) is 16.3 Å². The molecule has 0 aromatic heterocycles. The van der Waals surface area contributed by atoms with Gasteiger partial charge in [0.15, 0.2) is 9.84 Å². The number of hydrogen-bond acceptors (Lipinski definition) is 4. The Morgan fingerprint density at radius 2 is 2.17 bits per heavy atom. The smallest absolute Gasteiger partial charge is 0.160 e. The Morgan fingerprint density at radius 3 is 2.67 bits per heavy atom. The van der Waals surface area contributed by atoms with Crippen LogP contribution >= 0.6 is 0 Å². The Bertz CT molecular complexity index is 539. The fourth-order valence-corrected chi connectivity index (χ4v) is 4.50. The summed E-state index contributed by atoms with van der Waals surface area (Å²) in [6, 6.07) is 5.68. The molecule has 1 aliphatic rings. The topological polar surface area (TPSA) is 55.4 Å². The Labute approximate surface area is 108 Å². The van der Waals surface area contributed by atoms with E-state index in [-0.39, 0.29) is 11.8 Å². The van der Waals surface area contributed by atoms with E-state index in [4.69, 9.17) is 4.74 Å². The van der Waals surface area contributed by atoms with Gasteiger partial charge < -0.3 is 10.1 Å². The van der Waals surface area contributed by atoms with Crippen LogP contribution in [-0.4, -0.2) is 34.4 Å². The van der Waals surface area contributed by atoms with Crippen LogP contribution in [0.2, 0.25) is 0 Å². The summed E-state index contributed by atoms with van der Waals surface area (Å²) < 4.78 is 29.0. The summed E-state index contributed by atoms with van der Waals surface area (Å²) in [5.74, 6) is 1.04. The van der Waals surface area contributed by atoms with Crippen molar-refractivity contribution in [3.63, 3.8) is 0 Å². The number of aryl methyl sites for hydroxylation is 1. The van der Waals surface area contributed by atoms with E-state index in [0.29, 0.717) is 0 Å². The monoisotopic (exact) mass is 269 g/mol. The molecule has 1 fully saturated rings. The van der Waals surface area contributed by atoms with Crippen molar-refractivity contribution in [3.05, 3.63) is 29.3 Å². The molecule has 1 N–H and O–H groups in total. The van der Waals surface area contributed by atoms with Crippen LogP contribution in [0.25, 0.3) is 0 Å². The number of methoxy groups -OCH3 is 1. The van der Waals surface area contributed by atoms with Crippen molar-refractivity contribution in [2.24, 2.45) is 0 Å². The maximum atomic E-state index is 11.9. The highest BCUT2D eigenvalue weighted by Crippen LogP contribution is 2.38. The summed E-state index contributed by atoms with van der Waals surface area (Å²) in [5, 5.41) is 2.64. The van der Waals surface area contributed by atoms with Crippen molar-refractivity contribution in [1.82, 2.24) is 5.32 Å². The third-order valence-corrected chi connectivity index (χ3v) is 5.75. The summed E-state index contributed by atoms with van der Waals surface area (Å²) in [7, 11) is 0.447. The number of hydrogen-bond donors (Lipinski definition) is 1. The number of sulfone groups is 1. The van der Waals surface area contributed by atoms with Crippen LogP contribution in [0.4, 0.5) is 0 Å². The number of rotatable bonds is 4. The predicted octanol–water partition coefficient (Wildman–Crippen LogP) is 1.32. The molecule has 4 nitrogen and oxygen atoms in total. The Balaban J connectivity index is 2.39. The summed E-state index contributed by atoms with van der Waals surface area (Å²) in [6.07, 6.45) is 0.827. The Morgan fingerprint density at radius 1 is 1.44 bits per heavy atom. The van der Waals surface area contributed by atoms with Gasteiger partial charge in [-0.15, -0.1) is 0 Å². The lowest BCUT2D eigenvalue weighted by atomic mass is 10.0. The van der Waals surface area contributed by atoms with Gasteiger partial charge in [-0.05, 0) is 30.7 Å². The average Bonchev–Trinajstić information content (AvgIpc) is 2.35. The molecule has 5 heteroatoms. The van der Waals surface area contributed by atoms with E-state index in [1.165, 1.54) is 0 Å². The molecule has 1 aliphatic heterocycles. The molecule has 2 rings (SSSR count). The molecular formula is C13H19NO3S. The van der Waals surface area contributed by atoms with E-state index < -0.39 is 15.1 Å². The average molecular weight is 269 g/mol. The van der Waals surface area contributed by atoms with E-state index >= 15 is 0 Å². The summed E-state index contributed by atoms with van der Waals surface area (Å²) in [4.78, 5) is 0. The molecule has 1 aromatic rings. The number of ether oxygens (including phenoxy) is 1. The first kappa shape index (κ1) is 13.4. The second kappa shape index (κ2) is 4.90. The van der Waals surface area contributed by atoms with Crippen LogP contribution in [0.1, 0.15) is 23.3 Å². The lowest BCUT2D eigenvalue weighted by Gasteiger charge is -2.36. The first-order valence-corrected chi connectivity index (χ1v) is 7.80. The first-order valence-electron chi connectivity index (χ1n) is 6.09. The maximum Gasteiger partial charge on any atom is 0.160 e. The SMILES string of the molecule is CCc1cc(C2C(NC)CS2(=O)=O)ccc1OC. The lowest BCUT2D eigenvalue weighted by Crippen LogP contribution is -2.52. The van der Waals surface area contributed by atoms with Gasteiger partial charge in [-0.2, -0.15) is 0 Å². The van der Waals surface area contributed by atoms with Gasteiger partial charge in [0, 0.05) is 6.04 Å². The minimum absolute atomic E-state index is 0.0214. The summed E-state index contributed by atoms with van der Waals surface area (Å²) >= 11 is 0. The lowest BCUT2D eigenvalue weighted by molar-refractivity contribution is 0.409. The molecule has 0 radical (unpaired) electrons. The van der Waals surface area contributed by atoms with Gasteiger partial charge in [0.2, 0.25) is 0 Å². The zero-order valence-electron chi connectivity index (χ0n) is 10.9. The van der Waals surface area contributed by atoms with E-state index in [0.717, 1.165) is 23.3 Å². The molecular weight excluding hydrogens is 250 g/mol. The fraction of sp³-hybridized carbons (Fsp3) is 0.538. The van der Waals surface area contributed by atoms with Crippen molar-refractivity contribution in [2.75, 3.05) is 19.9 Å². The van der Waals surface area contributed by atoms with Crippen molar-refractivity contribution in [3.8, 4) is 5.75 Å². The highest BCUT2D eigenvalue weighted by molar-refractivity contribution is 7.93. The van der Waals surface area contributed by atoms with E-state index in [1.807, 2.05) is 25.1 Å². The van der Waals surface area contributed by atoms with Gasteiger partial charge in [-0.25, -0.2) is 8.42 Å². The van der Waals surface area contributed by atoms with Crippen LogP contribution < -0.4 is 10.1 Å². The fourth-order valence-electron chi connectivity index (χ4n) is 2.50. The zero-order chi connectivity index (χ0) is 13.3. The molecule has 1 heterocycles. The minimum Gasteiger partial charge on any atom is -0.496 e. The van der Waals surface area contributed by atoms with Crippen LogP contribution in [0.3, 0.4) is 0 Å². The molecule has 0 bridgehead atoms. The van der Waals surface area contributed by atoms with Gasteiger partial charge in [-0.1, -0.05) is 19.1 Å². The van der Waals surface area contributed by atoms with Crippen molar-refractivity contribution in [2.45, 2.75) is 24.6 Å². The largest absolute Gasteiger partial charge is 0.496 e. The maximum absolute atomic E-state index is 11.9. The van der Waals surface area contributed by atoms with Crippen LogP contribution in [0, 0.1) is 0 Å². The van der Waals surface area contributed by atoms with Gasteiger partial charge in [0.25, 0.3) is 0 Å². The molecule has 100 valence electrons. The van der Waals surface area contributed by atoms with Gasteiger partial charge >= 0.3 is 0 Å². The van der Waals surface area contributed by atoms with E-state index in [2.05, 4.69) is 5.32 Å². The third-order valence-electron chi connectivity index (χ3n) is 3.55. The van der Waals surface area contributed by atoms with Crippen LogP contribution in [0.5, 0.6) is 5.75 Å². The highest BCUT2D eigenvalue weighted by atomic mass is 32.2. The minimum atomic E-state index is -2.98.